The van der Waals surface area contributed by atoms with Gasteiger partial charge in [0.1, 0.15) is 17.6 Å². The topological polar surface area (TPSA) is 109 Å². The van der Waals surface area contributed by atoms with E-state index in [1.54, 1.807) is 22.0 Å². The maximum absolute atomic E-state index is 14.5. The summed E-state index contributed by atoms with van der Waals surface area (Å²) < 4.78 is 17.9. The van der Waals surface area contributed by atoms with Crippen LogP contribution in [0, 0.1) is 11.8 Å². The van der Waals surface area contributed by atoms with Gasteiger partial charge in [0.05, 0.1) is 31.3 Å². The lowest BCUT2D eigenvalue weighted by atomic mass is 9.66. The van der Waals surface area contributed by atoms with Crippen LogP contribution in [0.3, 0.4) is 0 Å². The van der Waals surface area contributed by atoms with Crippen molar-refractivity contribution >= 4 is 17.8 Å². The fourth-order valence-electron chi connectivity index (χ4n) is 7.25. The second-order valence-corrected chi connectivity index (χ2v) is 12.0. The molecule has 4 rings (SSSR count). The first-order chi connectivity index (χ1) is 19.8. The summed E-state index contributed by atoms with van der Waals surface area (Å²) in [5, 5.41) is 9.17. The van der Waals surface area contributed by atoms with Crippen molar-refractivity contribution in [2.75, 3.05) is 65.7 Å². The minimum absolute atomic E-state index is 0.137. The molecular weight excluding hydrogens is 526 g/mol. The predicted octanol–water partition coefficient (Wildman–Crippen LogP) is 2.16. The number of likely N-dealkylation sites (tertiary alicyclic amines) is 1. The molecule has 4 aliphatic rings. The van der Waals surface area contributed by atoms with Gasteiger partial charge in [-0.05, 0) is 45.4 Å². The molecule has 0 aromatic rings. The van der Waals surface area contributed by atoms with Crippen molar-refractivity contribution in [1.29, 1.82) is 0 Å². The van der Waals surface area contributed by atoms with E-state index in [1.807, 2.05) is 6.92 Å². The first-order valence-electron chi connectivity index (χ1n) is 15.4. The molecule has 2 unspecified atom stereocenters. The number of unbranched alkanes of at least 4 members (excludes halogenated alkanes) is 4. The lowest BCUT2D eigenvalue weighted by Gasteiger charge is -2.37. The Labute approximate surface area is 244 Å². The monoisotopic (exact) mass is 575 g/mol. The van der Waals surface area contributed by atoms with Gasteiger partial charge in [0, 0.05) is 45.9 Å². The molecule has 1 N–H and O–H groups in total. The average molecular weight is 576 g/mol. The number of nitrogens with zero attached hydrogens (tertiary/aromatic N) is 3. The Kier molecular flexibility index (Phi) is 11.0. The molecule has 4 saturated heterocycles. The molecule has 0 radical (unpaired) electrons. The molecule has 5 atom stereocenters. The van der Waals surface area contributed by atoms with Crippen LogP contribution in [-0.4, -0.2) is 121 Å². The van der Waals surface area contributed by atoms with Crippen molar-refractivity contribution in [3.8, 4) is 0 Å². The lowest BCUT2D eigenvalue weighted by molar-refractivity contribution is -0.160. The van der Waals surface area contributed by atoms with Crippen LogP contribution in [0.4, 0.5) is 0 Å². The van der Waals surface area contributed by atoms with E-state index in [0.29, 0.717) is 71.5 Å². The van der Waals surface area contributed by atoms with Gasteiger partial charge < -0.3 is 29.1 Å². The Balaban J connectivity index is 1.58. The van der Waals surface area contributed by atoms with Crippen LogP contribution in [0.1, 0.15) is 58.3 Å². The second-order valence-electron chi connectivity index (χ2n) is 12.0. The number of aliphatic hydroxyl groups excluding tert-OH is 1. The number of fused-ring (bicyclic) bond motifs is 1. The molecule has 10 nitrogen and oxygen atoms in total. The number of carbonyl (C=O) groups is 3. The molecule has 4 fully saturated rings. The number of carbonyl (C=O) groups excluding carboxylic acids is 3. The first kappa shape index (κ1) is 31.7. The second kappa shape index (κ2) is 14.3. The number of esters is 1. The molecule has 4 heterocycles. The summed E-state index contributed by atoms with van der Waals surface area (Å²) >= 11 is 0. The van der Waals surface area contributed by atoms with Crippen LogP contribution in [0.5, 0.6) is 0 Å². The molecule has 0 saturated carbocycles. The van der Waals surface area contributed by atoms with Gasteiger partial charge in [-0.3, -0.25) is 19.3 Å². The summed E-state index contributed by atoms with van der Waals surface area (Å²) in [4.78, 5) is 47.9. The number of morpholine rings is 1. The van der Waals surface area contributed by atoms with Crippen LogP contribution in [0.2, 0.25) is 0 Å². The molecule has 2 bridgehead atoms. The smallest absolute Gasteiger partial charge is 0.312 e. The molecule has 0 aliphatic carbocycles. The summed E-state index contributed by atoms with van der Waals surface area (Å²) in [6, 6.07) is -0.803. The number of ether oxygens (including phenoxy) is 3. The van der Waals surface area contributed by atoms with Crippen LogP contribution < -0.4 is 0 Å². The van der Waals surface area contributed by atoms with Gasteiger partial charge in [-0.15, -0.1) is 13.2 Å². The number of allylic oxidation sites excluding steroid dienone is 1. The van der Waals surface area contributed by atoms with E-state index in [2.05, 4.69) is 18.1 Å². The van der Waals surface area contributed by atoms with Gasteiger partial charge in [0.15, 0.2) is 0 Å². The van der Waals surface area contributed by atoms with Crippen LogP contribution in [0.25, 0.3) is 0 Å². The fourth-order valence-corrected chi connectivity index (χ4v) is 7.25. The number of rotatable bonds is 17. The van der Waals surface area contributed by atoms with Gasteiger partial charge in [-0.25, -0.2) is 0 Å². The van der Waals surface area contributed by atoms with E-state index in [-0.39, 0.29) is 25.0 Å². The Morgan fingerprint density at radius 3 is 2.56 bits per heavy atom. The standard InChI is InChI=1S/C31H49N3O7/c1-4-6-11-21-40-29(38)25-24-27(36)34(15-9-7-8-10-20-35)26(31(24)13-12-30(25,3)41-31)28(37)33(14-5-2)17-16-32-18-22-39-23-19-32/h4-5,24-26,35H,1-2,6-23H2,3H3/t24-,25+,26?,30-,31?/m0/s1. The SMILES string of the molecule is C=CCCCOC(=O)[C@H]1[C@H]2C(=O)N(CCCCCCO)C(C(=O)N(CC=C)CCN3CCOCC3)C23CC[C@]1(C)O3. The Morgan fingerprint density at radius 2 is 1.85 bits per heavy atom. The number of hydrogen-bond donors (Lipinski definition) is 1. The molecular formula is C31H49N3O7. The number of amides is 2. The highest BCUT2D eigenvalue weighted by Crippen LogP contribution is 2.63. The largest absolute Gasteiger partial charge is 0.465 e. The van der Waals surface area contributed by atoms with Crippen LogP contribution >= 0.6 is 0 Å². The Bertz CT molecular complexity index is 954. The summed E-state index contributed by atoms with van der Waals surface area (Å²) in [5.74, 6) is -2.24. The van der Waals surface area contributed by atoms with Crippen molar-refractivity contribution in [3.05, 3.63) is 25.3 Å². The molecule has 10 heteroatoms. The van der Waals surface area contributed by atoms with Gasteiger partial charge in [-0.1, -0.05) is 25.0 Å². The van der Waals surface area contributed by atoms with Crippen molar-refractivity contribution in [3.63, 3.8) is 0 Å². The minimum Gasteiger partial charge on any atom is -0.465 e. The summed E-state index contributed by atoms with van der Waals surface area (Å²) in [6.45, 7) is 14.9. The molecule has 2 amide bonds. The fraction of sp³-hybridized carbons (Fsp3) is 0.774. The maximum Gasteiger partial charge on any atom is 0.312 e. The predicted molar refractivity (Wildman–Crippen MR) is 154 cm³/mol. The molecule has 4 aliphatic heterocycles. The maximum atomic E-state index is 14.5. The average Bonchev–Trinajstić information content (AvgIpc) is 3.54. The molecule has 230 valence electrons. The highest BCUT2D eigenvalue weighted by molar-refractivity contribution is 5.98. The summed E-state index contributed by atoms with van der Waals surface area (Å²) in [5.41, 5.74) is -1.91. The number of aliphatic hydroxyl groups is 1. The quantitative estimate of drug-likeness (QED) is 0.160. The zero-order valence-corrected chi connectivity index (χ0v) is 24.8. The Morgan fingerprint density at radius 1 is 1.10 bits per heavy atom. The van der Waals surface area contributed by atoms with Gasteiger partial charge >= 0.3 is 5.97 Å². The normalized spacial score (nSPS) is 30.8. The van der Waals surface area contributed by atoms with Crippen molar-refractivity contribution in [1.82, 2.24) is 14.7 Å². The highest BCUT2D eigenvalue weighted by Gasteiger charge is 2.78. The van der Waals surface area contributed by atoms with Crippen LogP contribution in [0.15, 0.2) is 25.3 Å². The number of hydrogen-bond acceptors (Lipinski definition) is 8. The van der Waals surface area contributed by atoms with Gasteiger partial charge in [-0.2, -0.15) is 0 Å². The molecule has 41 heavy (non-hydrogen) atoms. The van der Waals surface area contributed by atoms with Crippen molar-refractivity contribution in [2.24, 2.45) is 11.8 Å². The third-order valence-corrected chi connectivity index (χ3v) is 9.32. The molecule has 0 aromatic carbocycles. The summed E-state index contributed by atoms with van der Waals surface area (Å²) in [6.07, 6.45) is 9.15. The third-order valence-electron chi connectivity index (χ3n) is 9.32. The van der Waals surface area contributed by atoms with E-state index < -0.39 is 35.0 Å². The van der Waals surface area contributed by atoms with Crippen molar-refractivity contribution in [2.45, 2.75) is 75.5 Å². The highest BCUT2D eigenvalue weighted by atomic mass is 16.6. The van der Waals surface area contributed by atoms with E-state index in [9.17, 15) is 14.4 Å². The van der Waals surface area contributed by atoms with E-state index in [4.69, 9.17) is 19.3 Å². The lowest BCUT2D eigenvalue weighted by Crippen LogP contribution is -2.57. The van der Waals surface area contributed by atoms with E-state index in [0.717, 1.165) is 32.4 Å². The first-order valence-corrected chi connectivity index (χ1v) is 15.4. The van der Waals surface area contributed by atoms with E-state index >= 15 is 0 Å². The zero-order valence-electron chi connectivity index (χ0n) is 24.8. The van der Waals surface area contributed by atoms with Gasteiger partial charge in [0.2, 0.25) is 11.8 Å². The Hall–Kier alpha value is -2.27. The minimum atomic E-state index is -1.06. The van der Waals surface area contributed by atoms with Gasteiger partial charge in [0.25, 0.3) is 0 Å². The third kappa shape index (κ3) is 6.55. The van der Waals surface area contributed by atoms with Crippen LogP contribution in [-0.2, 0) is 28.6 Å². The molecule has 1 spiro atoms. The van der Waals surface area contributed by atoms with Crippen molar-refractivity contribution < 1.29 is 33.7 Å². The van der Waals surface area contributed by atoms with E-state index in [1.165, 1.54) is 0 Å². The summed E-state index contributed by atoms with van der Waals surface area (Å²) in [7, 11) is 0. The zero-order chi connectivity index (χ0) is 29.5. The molecule has 0 aromatic heterocycles.